The molecule has 0 saturated carbocycles. The fraction of sp³-hybridized carbons (Fsp3) is 0.208. The topological polar surface area (TPSA) is 75.3 Å². The van der Waals surface area contributed by atoms with Gasteiger partial charge in [-0.05, 0) is 55.8 Å². The standard InChI is InChI=1S/C24H24ClFN2O3S2/c1-16-6-10-19(11-7-16)28-33(30,31)23-14-18(9-8-17(23)2)24(29)27-12-13-32-15-20-21(25)4-3-5-22(20)26/h3-11,14,28H,12-13,15H2,1-2H3,(H,27,29). The van der Waals surface area contributed by atoms with Crippen LogP contribution in [-0.4, -0.2) is 26.6 Å². The van der Waals surface area contributed by atoms with Crippen molar-refractivity contribution in [1.29, 1.82) is 0 Å². The van der Waals surface area contributed by atoms with Crippen molar-refractivity contribution >= 4 is 45.0 Å². The Morgan fingerprint density at radius 1 is 1.06 bits per heavy atom. The number of anilines is 1. The summed E-state index contributed by atoms with van der Waals surface area (Å²) in [4.78, 5) is 12.6. The Morgan fingerprint density at radius 3 is 2.48 bits per heavy atom. The highest BCUT2D eigenvalue weighted by Gasteiger charge is 2.19. The zero-order valence-electron chi connectivity index (χ0n) is 18.2. The number of rotatable bonds is 9. The summed E-state index contributed by atoms with van der Waals surface area (Å²) in [6, 6.07) is 16.1. The fourth-order valence-electron chi connectivity index (χ4n) is 3.05. The van der Waals surface area contributed by atoms with Gasteiger partial charge >= 0.3 is 0 Å². The van der Waals surface area contributed by atoms with E-state index in [1.54, 1.807) is 43.3 Å². The molecule has 0 spiro atoms. The molecule has 5 nitrogen and oxygen atoms in total. The molecule has 0 saturated heterocycles. The Morgan fingerprint density at radius 2 is 1.79 bits per heavy atom. The molecule has 0 fully saturated rings. The molecule has 3 rings (SSSR count). The highest BCUT2D eigenvalue weighted by atomic mass is 35.5. The number of hydrogen-bond donors (Lipinski definition) is 2. The third-order valence-electron chi connectivity index (χ3n) is 4.88. The minimum atomic E-state index is -3.86. The lowest BCUT2D eigenvalue weighted by Crippen LogP contribution is -2.26. The van der Waals surface area contributed by atoms with Crippen LogP contribution >= 0.6 is 23.4 Å². The molecule has 0 radical (unpaired) electrons. The van der Waals surface area contributed by atoms with Crippen LogP contribution in [0.25, 0.3) is 0 Å². The molecule has 0 atom stereocenters. The summed E-state index contributed by atoms with van der Waals surface area (Å²) in [5, 5.41) is 3.14. The van der Waals surface area contributed by atoms with Crippen molar-refractivity contribution in [2.24, 2.45) is 0 Å². The van der Waals surface area contributed by atoms with E-state index in [9.17, 15) is 17.6 Å². The lowest BCUT2D eigenvalue weighted by Gasteiger charge is -2.12. The number of thioether (sulfide) groups is 1. The van der Waals surface area contributed by atoms with Crippen LogP contribution in [0.1, 0.15) is 27.0 Å². The van der Waals surface area contributed by atoms with Gasteiger partial charge < -0.3 is 5.32 Å². The van der Waals surface area contributed by atoms with Gasteiger partial charge in [-0.2, -0.15) is 11.8 Å². The molecule has 33 heavy (non-hydrogen) atoms. The lowest BCUT2D eigenvalue weighted by molar-refractivity contribution is 0.0956. The molecule has 3 aromatic carbocycles. The third-order valence-corrected chi connectivity index (χ3v) is 7.75. The van der Waals surface area contributed by atoms with Crippen LogP contribution in [0.5, 0.6) is 0 Å². The second kappa shape index (κ2) is 11.0. The van der Waals surface area contributed by atoms with Crippen LogP contribution < -0.4 is 10.0 Å². The van der Waals surface area contributed by atoms with E-state index in [0.717, 1.165) is 5.56 Å². The molecule has 0 aromatic heterocycles. The second-order valence-electron chi connectivity index (χ2n) is 7.46. The van der Waals surface area contributed by atoms with Crippen molar-refractivity contribution in [3.05, 3.63) is 93.8 Å². The molecule has 0 bridgehead atoms. The van der Waals surface area contributed by atoms with Crippen LogP contribution in [0, 0.1) is 19.7 Å². The number of carbonyl (C=O) groups is 1. The van der Waals surface area contributed by atoms with Crippen LogP contribution in [0.15, 0.2) is 65.6 Å². The first-order valence-electron chi connectivity index (χ1n) is 10.2. The highest BCUT2D eigenvalue weighted by molar-refractivity contribution is 7.98. The van der Waals surface area contributed by atoms with Crippen molar-refractivity contribution in [2.75, 3.05) is 17.0 Å². The number of aryl methyl sites for hydroxylation is 2. The zero-order chi connectivity index (χ0) is 24.0. The van der Waals surface area contributed by atoms with E-state index in [1.165, 1.54) is 23.9 Å². The Balaban J connectivity index is 1.60. The summed E-state index contributed by atoms with van der Waals surface area (Å²) in [7, 11) is -3.86. The van der Waals surface area contributed by atoms with Gasteiger partial charge in [-0.15, -0.1) is 0 Å². The molecule has 0 unspecified atom stereocenters. The lowest BCUT2D eigenvalue weighted by atomic mass is 10.1. The molecule has 2 N–H and O–H groups in total. The van der Waals surface area contributed by atoms with Crippen molar-refractivity contribution < 1.29 is 17.6 Å². The van der Waals surface area contributed by atoms with Gasteiger partial charge in [0.1, 0.15) is 5.82 Å². The fourth-order valence-corrected chi connectivity index (χ4v) is 5.57. The number of carbonyl (C=O) groups excluding carboxylic acids is 1. The zero-order valence-corrected chi connectivity index (χ0v) is 20.6. The molecule has 9 heteroatoms. The van der Waals surface area contributed by atoms with Crippen LogP contribution in [-0.2, 0) is 15.8 Å². The van der Waals surface area contributed by atoms with Crippen LogP contribution in [0.4, 0.5) is 10.1 Å². The molecule has 0 aliphatic heterocycles. The molecule has 174 valence electrons. The predicted octanol–water partition coefficient (Wildman–Crippen LogP) is 5.56. The third kappa shape index (κ3) is 6.72. The molecular formula is C24H24ClFN2O3S2. The van der Waals surface area contributed by atoms with Gasteiger partial charge in [0.2, 0.25) is 0 Å². The summed E-state index contributed by atoms with van der Waals surface area (Å²) in [6.45, 7) is 3.93. The summed E-state index contributed by atoms with van der Waals surface area (Å²) < 4.78 is 42.1. The quantitative estimate of drug-likeness (QED) is 0.372. The van der Waals surface area contributed by atoms with E-state index >= 15 is 0 Å². The minimum Gasteiger partial charge on any atom is -0.351 e. The van der Waals surface area contributed by atoms with Crippen molar-refractivity contribution in [3.63, 3.8) is 0 Å². The number of nitrogens with one attached hydrogen (secondary N) is 2. The average molecular weight is 507 g/mol. The molecule has 0 aliphatic carbocycles. The molecule has 1 amide bonds. The highest BCUT2D eigenvalue weighted by Crippen LogP contribution is 2.24. The second-order valence-corrected chi connectivity index (χ2v) is 10.6. The number of amides is 1. The van der Waals surface area contributed by atoms with Gasteiger partial charge in [0.25, 0.3) is 15.9 Å². The number of sulfonamides is 1. The maximum absolute atomic E-state index is 13.8. The predicted molar refractivity (Wildman–Crippen MR) is 133 cm³/mol. The normalized spacial score (nSPS) is 11.3. The summed E-state index contributed by atoms with van der Waals surface area (Å²) >= 11 is 7.46. The Hall–Kier alpha value is -2.55. The van der Waals surface area contributed by atoms with E-state index in [0.29, 0.717) is 39.9 Å². The van der Waals surface area contributed by atoms with E-state index < -0.39 is 10.0 Å². The van der Waals surface area contributed by atoms with Gasteiger partial charge in [-0.1, -0.05) is 41.4 Å². The summed E-state index contributed by atoms with van der Waals surface area (Å²) in [5.41, 5.74) is 2.67. The van der Waals surface area contributed by atoms with Crippen LogP contribution in [0.2, 0.25) is 5.02 Å². The monoisotopic (exact) mass is 506 g/mol. The van der Waals surface area contributed by atoms with Crippen LogP contribution in [0.3, 0.4) is 0 Å². The molecular weight excluding hydrogens is 483 g/mol. The summed E-state index contributed by atoms with van der Waals surface area (Å²) in [5.74, 6) is 0.194. The smallest absolute Gasteiger partial charge is 0.262 e. The van der Waals surface area contributed by atoms with E-state index in [2.05, 4.69) is 10.0 Å². The number of benzene rings is 3. The first-order chi connectivity index (χ1) is 15.7. The molecule has 0 aliphatic rings. The maximum Gasteiger partial charge on any atom is 0.262 e. The molecule has 0 heterocycles. The number of halogens is 2. The molecule has 3 aromatic rings. The van der Waals surface area contributed by atoms with Gasteiger partial charge in [0.05, 0.1) is 4.90 Å². The first-order valence-corrected chi connectivity index (χ1v) is 13.2. The van der Waals surface area contributed by atoms with Gasteiger partial charge in [-0.3, -0.25) is 9.52 Å². The Bertz CT molecular complexity index is 1230. The maximum atomic E-state index is 13.8. The van der Waals surface area contributed by atoms with Gasteiger partial charge in [-0.25, -0.2) is 12.8 Å². The summed E-state index contributed by atoms with van der Waals surface area (Å²) in [6.07, 6.45) is 0. The van der Waals surface area contributed by atoms with Gasteiger partial charge in [0, 0.05) is 39.9 Å². The van der Waals surface area contributed by atoms with E-state index in [1.807, 2.05) is 19.1 Å². The van der Waals surface area contributed by atoms with Crippen molar-refractivity contribution in [2.45, 2.75) is 24.5 Å². The minimum absolute atomic E-state index is 0.0410. The van der Waals surface area contributed by atoms with Crippen molar-refractivity contribution in [1.82, 2.24) is 5.32 Å². The SMILES string of the molecule is Cc1ccc(NS(=O)(=O)c2cc(C(=O)NCCSCc3c(F)cccc3Cl)ccc2C)cc1. The number of hydrogen-bond acceptors (Lipinski definition) is 4. The van der Waals surface area contributed by atoms with Crippen molar-refractivity contribution in [3.8, 4) is 0 Å². The first kappa shape index (κ1) is 25.1. The average Bonchev–Trinajstić information content (AvgIpc) is 2.76. The Labute approximate surface area is 202 Å². The Kier molecular flexibility index (Phi) is 8.40. The van der Waals surface area contributed by atoms with E-state index in [4.69, 9.17) is 11.6 Å². The largest absolute Gasteiger partial charge is 0.351 e. The van der Waals surface area contributed by atoms with E-state index in [-0.39, 0.29) is 22.2 Å². The van der Waals surface area contributed by atoms with Gasteiger partial charge in [0.15, 0.2) is 0 Å².